The fraction of sp³-hybridized carbons (Fsp3) is 0.167. The van der Waals surface area contributed by atoms with Gasteiger partial charge >= 0.3 is 6.18 Å². The molecule has 100 valence electrons. The minimum atomic E-state index is -4.52. The molecular weight excluding hydrogens is 259 g/mol. The average Bonchev–Trinajstić information content (AvgIpc) is 2.33. The first kappa shape index (κ1) is 13.1. The van der Waals surface area contributed by atoms with E-state index in [4.69, 9.17) is 10.5 Å². The number of hydrogen-bond acceptors (Lipinski definition) is 4. The van der Waals surface area contributed by atoms with Gasteiger partial charge in [-0.3, -0.25) is 0 Å². The third-order valence-corrected chi connectivity index (χ3v) is 2.38. The Balaban J connectivity index is 2.25. The first-order valence-corrected chi connectivity index (χ1v) is 5.32. The van der Waals surface area contributed by atoms with Gasteiger partial charge in [0.2, 0.25) is 5.88 Å². The number of nitrogens with two attached hydrogens (primary N) is 1. The number of benzene rings is 1. The average molecular weight is 269 g/mol. The van der Waals surface area contributed by atoms with Gasteiger partial charge in [0.15, 0.2) is 11.4 Å². The highest BCUT2D eigenvalue weighted by Gasteiger charge is 2.33. The van der Waals surface area contributed by atoms with Gasteiger partial charge in [-0.25, -0.2) is 0 Å². The van der Waals surface area contributed by atoms with Crippen molar-refractivity contribution in [3.05, 3.63) is 41.6 Å². The molecule has 0 aliphatic rings. The van der Waals surface area contributed by atoms with Crippen molar-refractivity contribution in [2.24, 2.45) is 0 Å². The van der Waals surface area contributed by atoms with Crippen LogP contribution in [0.15, 0.2) is 30.3 Å². The minimum absolute atomic E-state index is 0.0472. The maximum atomic E-state index is 12.3. The number of aryl methyl sites for hydroxylation is 1. The number of nitrogen functional groups attached to an aromatic ring is 1. The molecule has 2 rings (SSSR count). The molecule has 0 unspecified atom stereocenters. The van der Waals surface area contributed by atoms with Crippen molar-refractivity contribution in [2.75, 3.05) is 5.73 Å². The molecule has 1 heterocycles. The molecule has 19 heavy (non-hydrogen) atoms. The van der Waals surface area contributed by atoms with Gasteiger partial charge in [-0.1, -0.05) is 12.1 Å². The molecule has 4 nitrogen and oxygen atoms in total. The lowest BCUT2D eigenvalue weighted by atomic mass is 10.2. The van der Waals surface area contributed by atoms with Crippen molar-refractivity contribution in [2.45, 2.75) is 13.1 Å². The highest BCUT2D eigenvalue weighted by atomic mass is 19.4. The number of aromatic nitrogens is 2. The van der Waals surface area contributed by atoms with Crippen LogP contribution >= 0.6 is 0 Å². The lowest BCUT2D eigenvalue weighted by Gasteiger charge is -2.10. The molecule has 0 aliphatic heterocycles. The summed E-state index contributed by atoms with van der Waals surface area (Å²) in [4.78, 5) is 0. The number of nitrogens with zero attached hydrogens (tertiary/aromatic N) is 2. The highest BCUT2D eigenvalue weighted by Crippen LogP contribution is 2.31. The quantitative estimate of drug-likeness (QED) is 0.850. The molecule has 0 spiro atoms. The van der Waals surface area contributed by atoms with E-state index in [-0.39, 0.29) is 5.88 Å². The summed E-state index contributed by atoms with van der Waals surface area (Å²) in [5, 5.41) is 6.44. The highest BCUT2D eigenvalue weighted by molar-refractivity contribution is 5.57. The molecule has 0 saturated carbocycles. The smallest absolute Gasteiger partial charge is 0.435 e. The molecular formula is C12H10F3N3O. The van der Waals surface area contributed by atoms with Crippen LogP contribution in [0.4, 0.5) is 18.9 Å². The third-order valence-electron chi connectivity index (χ3n) is 2.38. The van der Waals surface area contributed by atoms with Crippen LogP contribution in [0, 0.1) is 6.92 Å². The van der Waals surface area contributed by atoms with Gasteiger partial charge in [0.25, 0.3) is 0 Å². The molecule has 7 heteroatoms. The van der Waals surface area contributed by atoms with E-state index in [9.17, 15) is 13.2 Å². The second-order valence-electron chi connectivity index (χ2n) is 3.85. The van der Waals surface area contributed by atoms with Gasteiger partial charge in [-0.2, -0.15) is 13.2 Å². The van der Waals surface area contributed by atoms with Crippen LogP contribution < -0.4 is 10.5 Å². The van der Waals surface area contributed by atoms with Crippen molar-refractivity contribution < 1.29 is 17.9 Å². The topological polar surface area (TPSA) is 61.0 Å². The molecule has 0 aliphatic carbocycles. The lowest BCUT2D eigenvalue weighted by molar-refractivity contribution is -0.141. The van der Waals surface area contributed by atoms with E-state index < -0.39 is 11.9 Å². The van der Waals surface area contributed by atoms with Crippen LogP contribution in [0.2, 0.25) is 0 Å². The Labute approximate surface area is 107 Å². The zero-order valence-corrected chi connectivity index (χ0v) is 9.90. The summed E-state index contributed by atoms with van der Waals surface area (Å²) < 4.78 is 42.3. The summed E-state index contributed by atoms with van der Waals surface area (Å²) in [6.45, 7) is 1.77. The Morgan fingerprint density at radius 3 is 2.37 bits per heavy atom. The summed E-state index contributed by atoms with van der Waals surface area (Å²) in [6.07, 6.45) is -4.52. The summed E-state index contributed by atoms with van der Waals surface area (Å²) >= 11 is 0. The first-order chi connectivity index (χ1) is 8.88. The SMILES string of the molecule is Cc1cccc(N)c1Oc1ccc(C(F)(F)F)nn1. The zero-order valence-electron chi connectivity index (χ0n) is 9.90. The zero-order chi connectivity index (χ0) is 14.0. The van der Waals surface area contributed by atoms with E-state index >= 15 is 0 Å². The Hall–Kier alpha value is -2.31. The molecule has 1 aromatic heterocycles. The van der Waals surface area contributed by atoms with Crippen molar-refractivity contribution in [1.82, 2.24) is 10.2 Å². The van der Waals surface area contributed by atoms with Crippen molar-refractivity contribution in [3.8, 4) is 11.6 Å². The second-order valence-corrected chi connectivity index (χ2v) is 3.85. The third kappa shape index (κ3) is 2.93. The monoisotopic (exact) mass is 269 g/mol. The van der Waals surface area contributed by atoms with Crippen LogP contribution in [0.1, 0.15) is 11.3 Å². The minimum Gasteiger partial charge on any atom is -0.435 e. The number of para-hydroxylation sites is 1. The maximum absolute atomic E-state index is 12.3. The Morgan fingerprint density at radius 2 is 1.84 bits per heavy atom. The van der Waals surface area contributed by atoms with Crippen LogP contribution in [0.3, 0.4) is 0 Å². The fourth-order valence-electron chi connectivity index (χ4n) is 1.44. The normalized spacial score (nSPS) is 11.4. The first-order valence-electron chi connectivity index (χ1n) is 5.32. The van der Waals surface area contributed by atoms with Crippen molar-refractivity contribution in [3.63, 3.8) is 0 Å². The molecule has 0 radical (unpaired) electrons. The summed E-state index contributed by atoms with van der Waals surface area (Å²) in [6, 6.07) is 7.04. The summed E-state index contributed by atoms with van der Waals surface area (Å²) in [7, 11) is 0. The van der Waals surface area contributed by atoms with Crippen LogP contribution in [0.5, 0.6) is 11.6 Å². The van der Waals surface area contributed by atoms with Gasteiger partial charge < -0.3 is 10.5 Å². The van der Waals surface area contributed by atoms with Crippen molar-refractivity contribution in [1.29, 1.82) is 0 Å². The van der Waals surface area contributed by atoms with E-state index in [1.807, 2.05) is 0 Å². The van der Waals surface area contributed by atoms with Gasteiger partial charge in [-0.15, -0.1) is 10.2 Å². The summed E-state index contributed by atoms with van der Waals surface area (Å²) in [5.74, 6) is 0.311. The molecule has 2 N–H and O–H groups in total. The maximum Gasteiger partial charge on any atom is 0.435 e. The lowest BCUT2D eigenvalue weighted by Crippen LogP contribution is -2.09. The van der Waals surface area contributed by atoms with E-state index in [1.54, 1.807) is 25.1 Å². The molecule has 0 fully saturated rings. The number of ether oxygens (including phenoxy) is 1. The predicted octanol–water partition coefficient (Wildman–Crippen LogP) is 3.18. The number of alkyl halides is 3. The Bertz CT molecular complexity index is 562. The largest absolute Gasteiger partial charge is 0.435 e. The van der Waals surface area contributed by atoms with E-state index in [2.05, 4.69) is 10.2 Å². The molecule has 1 aromatic carbocycles. The summed E-state index contributed by atoms with van der Waals surface area (Å²) in [5.41, 5.74) is 5.77. The van der Waals surface area contributed by atoms with Gasteiger partial charge in [-0.05, 0) is 24.6 Å². The van der Waals surface area contributed by atoms with Crippen LogP contribution in [0.25, 0.3) is 0 Å². The molecule has 0 atom stereocenters. The van der Waals surface area contributed by atoms with Crippen LogP contribution in [-0.4, -0.2) is 10.2 Å². The van der Waals surface area contributed by atoms with Gasteiger partial charge in [0, 0.05) is 6.07 Å². The Morgan fingerprint density at radius 1 is 1.11 bits per heavy atom. The molecule has 0 saturated heterocycles. The van der Waals surface area contributed by atoms with Crippen molar-refractivity contribution >= 4 is 5.69 Å². The molecule has 0 amide bonds. The number of anilines is 1. The second kappa shape index (κ2) is 4.75. The standard InChI is InChI=1S/C12H10F3N3O/c1-7-3-2-4-8(16)11(7)19-10-6-5-9(17-18-10)12(13,14)15/h2-6H,16H2,1H3. The van der Waals surface area contributed by atoms with E-state index in [0.717, 1.165) is 17.7 Å². The molecule has 0 bridgehead atoms. The van der Waals surface area contributed by atoms with E-state index in [1.165, 1.54) is 0 Å². The Kier molecular flexibility index (Phi) is 3.28. The fourth-order valence-corrected chi connectivity index (χ4v) is 1.44. The van der Waals surface area contributed by atoms with Gasteiger partial charge in [0.05, 0.1) is 5.69 Å². The van der Waals surface area contributed by atoms with Crippen LogP contribution in [-0.2, 0) is 6.18 Å². The van der Waals surface area contributed by atoms with E-state index in [0.29, 0.717) is 11.4 Å². The predicted molar refractivity (Wildman–Crippen MR) is 62.7 cm³/mol. The van der Waals surface area contributed by atoms with Gasteiger partial charge in [0.1, 0.15) is 0 Å². The molecule has 2 aromatic rings. The number of hydrogen-bond donors (Lipinski definition) is 1. The number of rotatable bonds is 2. The number of halogens is 3.